The van der Waals surface area contributed by atoms with Crippen LogP contribution in [0.1, 0.15) is 45.4 Å². The maximum atomic E-state index is 5.88. The summed E-state index contributed by atoms with van der Waals surface area (Å²) in [5.74, 6) is 0. The first-order valence-electron chi connectivity index (χ1n) is 6.72. The first-order chi connectivity index (χ1) is 7.86. The first-order valence-corrected chi connectivity index (χ1v) is 6.72. The zero-order valence-corrected chi connectivity index (χ0v) is 10.8. The summed E-state index contributed by atoms with van der Waals surface area (Å²) in [6, 6.07) is 0. The van der Waals surface area contributed by atoms with E-state index in [2.05, 4.69) is 12.2 Å². The average molecular weight is 229 g/mol. The number of hydrogen-bond donors (Lipinski definition) is 1. The molecule has 3 nitrogen and oxygen atoms in total. The highest BCUT2D eigenvalue weighted by Crippen LogP contribution is 2.22. The standard InChI is InChI=1S/C13H27NO2/c1-3-8-14-9-5-10-16-13-7-4-6-12(11-13)15-2/h12-14H,3-11H2,1-2H3. The van der Waals surface area contributed by atoms with Crippen molar-refractivity contribution in [2.24, 2.45) is 0 Å². The predicted molar refractivity (Wildman–Crippen MR) is 66.8 cm³/mol. The second kappa shape index (κ2) is 8.97. The highest BCUT2D eigenvalue weighted by Gasteiger charge is 2.21. The molecule has 1 rings (SSSR count). The van der Waals surface area contributed by atoms with Crippen molar-refractivity contribution in [3.63, 3.8) is 0 Å². The molecule has 1 fully saturated rings. The van der Waals surface area contributed by atoms with Gasteiger partial charge in [0.25, 0.3) is 0 Å². The van der Waals surface area contributed by atoms with Crippen molar-refractivity contribution in [2.45, 2.75) is 57.7 Å². The van der Waals surface area contributed by atoms with Crippen LogP contribution >= 0.6 is 0 Å². The number of ether oxygens (including phenoxy) is 2. The third kappa shape index (κ3) is 5.83. The predicted octanol–water partition coefficient (Wildman–Crippen LogP) is 2.35. The Morgan fingerprint density at radius 1 is 1.19 bits per heavy atom. The molecule has 0 aromatic carbocycles. The number of nitrogens with one attached hydrogen (secondary N) is 1. The van der Waals surface area contributed by atoms with Crippen molar-refractivity contribution in [3.8, 4) is 0 Å². The van der Waals surface area contributed by atoms with Gasteiger partial charge in [0.2, 0.25) is 0 Å². The number of methoxy groups -OCH3 is 1. The summed E-state index contributed by atoms with van der Waals surface area (Å²) in [6.45, 7) is 5.28. The fourth-order valence-electron chi connectivity index (χ4n) is 2.22. The Bertz CT molecular complexity index is 164. The van der Waals surface area contributed by atoms with E-state index in [0.717, 1.165) is 32.5 Å². The van der Waals surface area contributed by atoms with E-state index in [9.17, 15) is 0 Å². The highest BCUT2D eigenvalue weighted by atomic mass is 16.5. The van der Waals surface area contributed by atoms with E-state index in [1.807, 2.05) is 7.11 Å². The Hall–Kier alpha value is -0.120. The molecule has 16 heavy (non-hydrogen) atoms. The quantitative estimate of drug-likeness (QED) is 0.648. The summed E-state index contributed by atoms with van der Waals surface area (Å²) in [5.41, 5.74) is 0. The lowest BCUT2D eigenvalue weighted by Gasteiger charge is -2.28. The van der Waals surface area contributed by atoms with Crippen LogP contribution in [0.15, 0.2) is 0 Å². The maximum Gasteiger partial charge on any atom is 0.0599 e. The van der Waals surface area contributed by atoms with Crippen LogP contribution < -0.4 is 5.32 Å². The van der Waals surface area contributed by atoms with Crippen molar-refractivity contribution in [3.05, 3.63) is 0 Å². The molecule has 0 aromatic heterocycles. The van der Waals surface area contributed by atoms with Crippen LogP contribution in [0.5, 0.6) is 0 Å². The molecule has 0 heterocycles. The minimum absolute atomic E-state index is 0.428. The van der Waals surface area contributed by atoms with Crippen LogP contribution in [0.3, 0.4) is 0 Å². The van der Waals surface area contributed by atoms with Crippen LogP contribution in [-0.2, 0) is 9.47 Å². The van der Waals surface area contributed by atoms with Gasteiger partial charge in [-0.25, -0.2) is 0 Å². The minimum atomic E-state index is 0.428. The van der Waals surface area contributed by atoms with Crippen LogP contribution in [0.4, 0.5) is 0 Å². The van der Waals surface area contributed by atoms with E-state index in [1.54, 1.807) is 0 Å². The molecule has 1 N–H and O–H groups in total. The molecule has 0 aliphatic heterocycles. The van der Waals surface area contributed by atoms with Crippen LogP contribution in [-0.4, -0.2) is 39.0 Å². The summed E-state index contributed by atoms with van der Waals surface area (Å²) in [6.07, 6.45) is 7.93. The zero-order valence-electron chi connectivity index (χ0n) is 10.8. The van der Waals surface area contributed by atoms with E-state index in [1.165, 1.54) is 25.7 Å². The monoisotopic (exact) mass is 229 g/mol. The summed E-state index contributed by atoms with van der Waals surface area (Å²) >= 11 is 0. The number of rotatable bonds is 8. The number of hydrogen-bond acceptors (Lipinski definition) is 3. The first kappa shape index (κ1) is 13.9. The van der Waals surface area contributed by atoms with Gasteiger partial charge in [0.15, 0.2) is 0 Å². The molecule has 1 aliphatic rings. The molecule has 1 saturated carbocycles. The molecule has 96 valence electrons. The van der Waals surface area contributed by atoms with E-state index < -0.39 is 0 Å². The lowest BCUT2D eigenvalue weighted by atomic mass is 9.95. The summed E-state index contributed by atoms with van der Waals surface area (Å²) < 4.78 is 11.3. The Morgan fingerprint density at radius 3 is 2.75 bits per heavy atom. The average Bonchev–Trinajstić information content (AvgIpc) is 2.34. The Balaban J connectivity index is 1.95. The van der Waals surface area contributed by atoms with Gasteiger partial charge >= 0.3 is 0 Å². The Labute approximate surface area is 99.9 Å². The molecule has 0 bridgehead atoms. The van der Waals surface area contributed by atoms with E-state index in [-0.39, 0.29) is 0 Å². The van der Waals surface area contributed by atoms with Gasteiger partial charge in [0, 0.05) is 13.7 Å². The summed E-state index contributed by atoms with van der Waals surface area (Å²) in [4.78, 5) is 0. The molecule has 2 atom stereocenters. The maximum absolute atomic E-state index is 5.88. The van der Waals surface area contributed by atoms with Gasteiger partial charge in [0.05, 0.1) is 12.2 Å². The van der Waals surface area contributed by atoms with Crippen molar-refractivity contribution < 1.29 is 9.47 Å². The van der Waals surface area contributed by atoms with Gasteiger partial charge < -0.3 is 14.8 Å². The fraction of sp³-hybridized carbons (Fsp3) is 1.00. The van der Waals surface area contributed by atoms with Gasteiger partial charge in [-0.2, -0.15) is 0 Å². The molecule has 0 radical (unpaired) electrons. The van der Waals surface area contributed by atoms with Gasteiger partial charge in [-0.1, -0.05) is 6.92 Å². The fourth-order valence-corrected chi connectivity index (χ4v) is 2.22. The Morgan fingerprint density at radius 2 is 2.00 bits per heavy atom. The van der Waals surface area contributed by atoms with Crippen LogP contribution in [0.25, 0.3) is 0 Å². The summed E-state index contributed by atoms with van der Waals surface area (Å²) in [7, 11) is 1.81. The molecule has 1 aliphatic carbocycles. The SMILES string of the molecule is CCCNCCCOC1CCCC(OC)C1. The summed E-state index contributed by atoms with van der Waals surface area (Å²) in [5, 5.41) is 3.39. The topological polar surface area (TPSA) is 30.5 Å². The second-order valence-corrected chi connectivity index (χ2v) is 4.62. The van der Waals surface area contributed by atoms with Gasteiger partial charge in [-0.15, -0.1) is 0 Å². The second-order valence-electron chi connectivity index (χ2n) is 4.62. The van der Waals surface area contributed by atoms with Crippen LogP contribution in [0.2, 0.25) is 0 Å². The third-order valence-corrected chi connectivity index (χ3v) is 3.19. The van der Waals surface area contributed by atoms with Crippen molar-refractivity contribution >= 4 is 0 Å². The van der Waals surface area contributed by atoms with Crippen molar-refractivity contribution in [1.29, 1.82) is 0 Å². The van der Waals surface area contributed by atoms with Gasteiger partial charge in [-0.05, 0) is 51.6 Å². The van der Waals surface area contributed by atoms with Gasteiger partial charge in [0.1, 0.15) is 0 Å². The highest BCUT2D eigenvalue weighted by molar-refractivity contribution is 4.73. The molecule has 0 amide bonds. The Kier molecular flexibility index (Phi) is 7.81. The smallest absolute Gasteiger partial charge is 0.0599 e. The third-order valence-electron chi connectivity index (χ3n) is 3.19. The van der Waals surface area contributed by atoms with E-state index in [0.29, 0.717) is 12.2 Å². The normalized spacial score (nSPS) is 25.9. The molecule has 0 saturated heterocycles. The molecule has 3 heteroatoms. The van der Waals surface area contributed by atoms with Gasteiger partial charge in [-0.3, -0.25) is 0 Å². The zero-order chi connectivity index (χ0) is 11.6. The molecule has 0 spiro atoms. The molecular formula is C13H27NO2. The largest absolute Gasteiger partial charge is 0.381 e. The molecule has 2 unspecified atom stereocenters. The van der Waals surface area contributed by atoms with E-state index in [4.69, 9.17) is 9.47 Å². The minimum Gasteiger partial charge on any atom is -0.381 e. The lowest BCUT2D eigenvalue weighted by molar-refractivity contribution is -0.0298. The van der Waals surface area contributed by atoms with Crippen LogP contribution in [0, 0.1) is 0 Å². The lowest BCUT2D eigenvalue weighted by Crippen LogP contribution is -2.28. The molecular weight excluding hydrogens is 202 g/mol. The van der Waals surface area contributed by atoms with Crippen molar-refractivity contribution in [1.82, 2.24) is 5.32 Å². The van der Waals surface area contributed by atoms with E-state index >= 15 is 0 Å². The molecule has 0 aromatic rings. The van der Waals surface area contributed by atoms with Crippen molar-refractivity contribution in [2.75, 3.05) is 26.8 Å².